The van der Waals surface area contributed by atoms with Crippen LogP contribution in [-0.2, 0) is 0 Å². The predicted octanol–water partition coefficient (Wildman–Crippen LogP) is 1.61. The Labute approximate surface area is 127 Å². The minimum absolute atomic E-state index is 0.0410. The number of piperidine rings is 1. The van der Waals surface area contributed by atoms with Crippen molar-refractivity contribution in [3.63, 3.8) is 0 Å². The molecule has 0 saturated carbocycles. The highest BCUT2D eigenvalue weighted by atomic mass is 16.2. The second kappa shape index (κ2) is 7.41. The molecule has 1 fully saturated rings. The van der Waals surface area contributed by atoms with E-state index in [2.05, 4.69) is 15.2 Å². The molecule has 116 valence electrons. The molecular formula is C16H26N4O. The first-order valence-electron chi connectivity index (χ1n) is 7.69. The molecule has 1 aromatic heterocycles. The number of pyridine rings is 1. The molecule has 1 aliphatic rings. The van der Waals surface area contributed by atoms with E-state index in [0.717, 1.165) is 31.2 Å². The van der Waals surface area contributed by atoms with E-state index in [-0.39, 0.29) is 5.91 Å². The predicted molar refractivity (Wildman–Crippen MR) is 85.7 cm³/mol. The molecule has 2 heterocycles. The third-order valence-electron chi connectivity index (χ3n) is 4.15. The highest BCUT2D eigenvalue weighted by Crippen LogP contribution is 2.25. The van der Waals surface area contributed by atoms with Gasteiger partial charge in [-0.25, -0.2) is 0 Å². The van der Waals surface area contributed by atoms with Crippen LogP contribution in [0, 0.1) is 5.92 Å². The average molecular weight is 290 g/mol. The van der Waals surface area contributed by atoms with Crippen molar-refractivity contribution in [2.45, 2.75) is 19.3 Å². The van der Waals surface area contributed by atoms with Crippen LogP contribution in [0.1, 0.15) is 29.8 Å². The molecule has 21 heavy (non-hydrogen) atoms. The van der Waals surface area contributed by atoms with Crippen LogP contribution in [0.2, 0.25) is 0 Å². The van der Waals surface area contributed by atoms with E-state index in [4.69, 9.17) is 0 Å². The van der Waals surface area contributed by atoms with Crippen molar-refractivity contribution < 1.29 is 4.79 Å². The van der Waals surface area contributed by atoms with Crippen LogP contribution in [0.15, 0.2) is 18.3 Å². The number of nitrogens with one attached hydrogen (secondary N) is 1. The van der Waals surface area contributed by atoms with Crippen LogP contribution in [0.5, 0.6) is 0 Å². The Bertz CT molecular complexity index is 467. The molecule has 1 aromatic rings. The highest BCUT2D eigenvalue weighted by Gasteiger charge is 2.20. The Kier molecular flexibility index (Phi) is 5.56. The summed E-state index contributed by atoms with van der Waals surface area (Å²) in [5.41, 5.74) is 1.64. The summed E-state index contributed by atoms with van der Waals surface area (Å²) in [7, 11) is 5.52. The highest BCUT2D eigenvalue weighted by molar-refractivity contribution is 5.92. The normalized spacial score (nSPS) is 16.0. The van der Waals surface area contributed by atoms with Gasteiger partial charge in [-0.3, -0.25) is 9.78 Å². The quantitative estimate of drug-likeness (QED) is 0.895. The lowest BCUT2D eigenvalue weighted by atomic mass is 9.93. The number of anilines is 1. The average Bonchev–Trinajstić information content (AvgIpc) is 2.52. The van der Waals surface area contributed by atoms with E-state index < -0.39 is 0 Å². The van der Waals surface area contributed by atoms with Crippen molar-refractivity contribution in [1.82, 2.24) is 15.2 Å². The molecule has 0 aromatic carbocycles. The van der Waals surface area contributed by atoms with E-state index in [1.807, 2.05) is 19.2 Å². The topological polar surface area (TPSA) is 48.5 Å². The zero-order valence-corrected chi connectivity index (χ0v) is 13.3. The molecule has 0 unspecified atom stereocenters. The summed E-state index contributed by atoms with van der Waals surface area (Å²) < 4.78 is 0. The molecule has 1 N–H and O–H groups in total. The smallest absolute Gasteiger partial charge is 0.272 e. The van der Waals surface area contributed by atoms with Crippen LogP contribution >= 0.6 is 0 Å². The minimum Gasteiger partial charge on any atom is -0.371 e. The van der Waals surface area contributed by atoms with E-state index in [1.54, 1.807) is 25.2 Å². The molecule has 1 amide bonds. The van der Waals surface area contributed by atoms with Crippen molar-refractivity contribution in [2.75, 3.05) is 45.7 Å². The second-order valence-corrected chi connectivity index (χ2v) is 5.92. The van der Waals surface area contributed by atoms with Crippen molar-refractivity contribution in [3.8, 4) is 0 Å². The maximum Gasteiger partial charge on any atom is 0.272 e. The van der Waals surface area contributed by atoms with Crippen molar-refractivity contribution in [3.05, 3.63) is 24.0 Å². The Hall–Kier alpha value is -1.62. The summed E-state index contributed by atoms with van der Waals surface area (Å²) in [6.45, 7) is 3.23. The molecule has 0 spiro atoms. The Balaban J connectivity index is 1.97. The third-order valence-corrected chi connectivity index (χ3v) is 4.15. The first-order valence-corrected chi connectivity index (χ1v) is 7.69. The van der Waals surface area contributed by atoms with E-state index >= 15 is 0 Å². The van der Waals surface area contributed by atoms with Gasteiger partial charge in [-0.05, 0) is 50.9 Å². The van der Waals surface area contributed by atoms with Gasteiger partial charge < -0.3 is 15.1 Å². The van der Waals surface area contributed by atoms with E-state index in [1.165, 1.54) is 19.3 Å². The van der Waals surface area contributed by atoms with Gasteiger partial charge in [0.1, 0.15) is 5.69 Å². The fraction of sp³-hybridized carbons (Fsp3) is 0.625. The van der Waals surface area contributed by atoms with E-state index in [9.17, 15) is 4.79 Å². The van der Waals surface area contributed by atoms with E-state index in [0.29, 0.717) is 5.69 Å². The molecule has 0 radical (unpaired) electrons. The molecule has 5 nitrogen and oxygen atoms in total. The number of hydrogen-bond donors (Lipinski definition) is 1. The number of aromatic nitrogens is 1. The molecule has 1 aliphatic heterocycles. The molecular weight excluding hydrogens is 264 g/mol. The fourth-order valence-electron chi connectivity index (χ4n) is 2.79. The van der Waals surface area contributed by atoms with Crippen molar-refractivity contribution in [2.24, 2.45) is 5.92 Å². The first-order chi connectivity index (χ1) is 10.1. The van der Waals surface area contributed by atoms with Gasteiger partial charge >= 0.3 is 0 Å². The number of nitrogens with zero attached hydrogens (tertiary/aromatic N) is 3. The second-order valence-electron chi connectivity index (χ2n) is 5.92. The van der Waals surface area contributed by atoms with Gasteiger partial charge in [0.25, 0.3) is 5.91 Å². The zero-order valence-electron chi connectivity index (χ0n) is 13.3. The van der Waals surface area contributed by atoms with Crippen LogP contribution in [-0.4, -0.2) is 56.6 Å². The monoisotopic (exact) mass is 290 g/mol. The maximum atomic E-state index is 12.0. The fourth-order valence-corrected chi connectivity index (χ4v) is 2.79. The van der Waals surface area contributed by atoms with Gasteiger partial charge in [0.15, 0.2) is 0 Å². The first kappa shape index (κ1) is 15.8. The molecule has 0 atom stereocenters. The lowest BCUT2D eigenvalue weighted by molar-refractivity contribution is 0.0822. The molecule has 2 rings (SSSR count). The number of carbonyl (C=O) groups excluding carboxylic acids is 1. The lowest BCUT2D eigenvalue weighted by Gasteiger charge is -2.33. The van der Waals surface area contributed by atoms with Crippen molar-refractivity contribution in [1.29, 1.82) is 0 Å². The number of amides is 1. The van der Waals surface area contributed by atoms with Crippen molar-refractivity contribution >= 4 is 11.6 Å². The Morgan fingerprint density at radius 3 is 2.76 bits per heavy atom. The largest absolute Gasteiger partial charge is 0.371 e. The Morgan fingerprint density at radius 1 is 1.43 bits per heavy atom. The zero-order chi connectivity index (χ0) is 15.2. The summed E-state index contributed by atoms with van der Waals surface area (Å²) in [5.74, 6) is 0.777. The maximum absolute atomic E-state index is 12.0. The number of hydrogen-bond acceptors (Lipinski definition) is 4. The SMILES string of the molecule is CNCCC1CCN(c2ccnc(C(=O)N(C)C)c2)CC1. The summed E-state index contributed by atoms with van der Waals surface area (Å²) in [4.78, 5) is 20.1. The van der Waals surface area contributed by atoms with Gasteiger partial charge in [-0.15, -0.1) is 0 Å². The summed E-state index contributed by atoms with van der Waals surface area (Å²) in [6, 6.07) is 3.91. The van der Waals surface area contributed by atoms with Crippen LogP contribution in [0.4, 0.5) is 5.69 Å². The lowest BCUT2D eigenvalue weighted by Crippen LogP contribution is -2.34. The summed E-state index contributed by atoms with van der Waals surface area (Å²) in [5, 5.41) is 3.22. The molecule has 1 saturated heterocycles. The van der Waals surface area contributed by atoms with Gasteiger partial charge in [-0.2, -0.15) is 0 Å². The summed E-state index contributed by atoms with van der Waals surface area (Å²) in [6.07, 6.45) is 5.44. The molecule has 0 aliphatic carbocycles. The molecule has 0 bridgehead atoms. The number of carbonyl (C=O) groups is 1. The third kappa shape index (κ3) is 4.17. The van der Waals surface area contributed by atoms with Gasteiger partial charge in [0.2, 0.25) is 0 Å². The minimum atomic E-state index is -0.0410. The van der Waals surface area contributed by atoms with Gasteiger partial charge in [0, 0.05) is 39.1 Å². The number of rotatable bonds is 5. The van der Waals surface area contributed by atoms with Gasteiger partial charge in [-0.1, -0.05) is 0 Å². The van der Waals surface area contributed by atoms with Crippen LogP contribution < -0.4 is 10.2 Å². The summed E-state index contributed by atoms with van der Waals surface area (Å²) >= 11 is 0. The van der Waals surface area contributed by atoms with Crippen LogP contribution in [0.3, 0.4) is 0 Å². The Morgan fingerprint density at radius 2 is 2.14 bits per heavy atom. The van der Waals surface area contributed by atoms with Crippen LogP contribution in [0.25, 0.3) is 0 Å². The van der Waals surface area contributed by atoms with Gasteiger partial charge in [0.05, 0.1) is 0 Å². The molecule has 5 heteroatoms. The standard InChI is InChI=1S/C16H26N4O/c1-17-8-4-13-6-10-20(11-7-13)14-5-9-18-15(12-14)16(21)19(2)3/h5,9,12-13,17H,4,6-8,10-11H2,1-3H3.